The summed E-state index contributed by atoms with van der Waals surface area (Å²) in [6, 6.07) is 9.68. The maximum Gasteiger partial charge on any atom is 0.305 e. The van der Waals surface area contributed by atoms with Crippen LogP contribution in [-0.2, 0) is 46.0 Å². The van der Waals surface area contributed by atoms with Crippen LogP contribution in [0.3, 0.4) is 0 Å². The van der Waals surface area contributed by atoms with Gasteiger partial charge >= 0.3 is 5.97 Å². The van der Waals surface area contributed by atoms with Crippen molar-refractivity contribution in [2.24, 2.45) is 0 Å². The van der Waals surface area contributed by atoms with E-state index in [-0.39, 0.29) is 39.7 Å². The van der Waals surface area contributed by atoms with Crippen molar-refractivity contribution in [1.82, 2.24) is 10.0 Å². The standard InChI is InChI=1S/C22H26N2O9S3/c1-35(30,31)19-8-6-17(7-9-19)22(28)23-10-3-11-34(29)15-16-4-2-5-20(12-16)36(32,33)24-18(14-25)13-21(26)27/h2,4-9,12,14,18,24H,3,10-11,13,15H2,1H3,(H,23,28)(H,26,27). The first-order chi connectivity index (χ1) is 16.8. The summed E-state index contributed by atoms with van der Waals surface area (Å²) in [6.45, 7) is 0.230. The van der Waals surface area contributed by atoms with Crippen LogP contribution in [0.15, 0.2) is 58.3 Å². The highest BCUT2D eigenvalue weighted by Crippen LogP contribution is 2.14. The molecule has 0 aliphatic heterocycles. The van der Waals surface area contributed by atoms with Gasteiger partial charge in [-0.2, -0.15) is 0 Å². The monoisotopic (exact) mass is 558 g/mol. The van der Waals surface area contributed by atoms with Crippen molar-refractivity contribution in [3.63, 3.8) is 0 Å². The summed E-state index contributed by atoms with van der Waals surface area (Å²) in [5.41, 5.74) is 0.752. The lowest BCUT2D eigenvalue weighted by molar-refractivity contribution is -0.138. The summed E-state index contributed by atoms with van der Waals surface area (Å²) >= 11 is 0. The normalized spacial score (nSPS) is 13.5. The smallest absolute Gasteiger partial charge is 0.305 e. The number of nitrogens with one attached hydrogen (secondary N) is 2. The summed E-state index contributed by atoms with van der Waals surface area (Å²) in [4.78, 5) is 33.8. The van der Waals surface area contributed by atoms with Crippen LogP contribution >= 0.6 is 0 Å². The SMILES string of the molecule is CS(=O)(=O)c1ccc(C(=O)NCCCS(=O)Cc2cccc(S(=O)(=O)NC(C=O)CC(=O)O)c2)cc1. The maximum absolute atomic E-state index is 12.5. The number of hydrogen-bond acceptors (Lipinski definition) is 8. The van der Waals surface area contributed by atoms with Crippen molar-refractivity contribution < 1.29 is 40.5 Å². The molecule has 3 N–H and O–H groups in total. The Balaban J connectivity index is 1.87. The minimum Gasteiger partial charge on any atom is -0.481 e. The van der Waals surface area contributed by atoms with Gasteiger partial charge < -0.3 is 15.2 Å². The molecule has 2 rings (SSSR count). The van der Waals surface area contributed by atoms with Crippen LogP contribution in [0.1, 0.15) is 28.8 Å². The van der Waals surface area contributed by atoms with E-state index in [1.807, 2.05) is 4.72 Å². The second-order valence-corrected chi connectivity index (χ2v) is 13.1. The number of hydrogen-bond donors (Lipinski definition) is 3. The summed E-state index contributed by atoms with van der Waals surface area (Å²) in [5, 5.41) is 11.4. The van der Waals surface area contributed by atoms with Gasteiger partial charge in [-0.3, -0.25) is 13.8 Å². The zero-order valence-corrected chi connectivity index (χ0v) is 21.7. The number of aliphatic carboxylic acids is 1. The van der Waals surface area contributed by atoms with Crippen LogP contribution in [0.4, 0.5) is 0 Å². The Labute approximate surface area is 211 Å². The molecule has 0 aliphatic rings. The van der Waals surface area contributed by atoms with Gasteiger partial charge in [0, 0.05) is 40.7 Å². The molecule has 36 heavy (non-hydrogen) atoms. The van der Waals surface area contributed by atoms with Crippen molar-refractivity contribution in [3.8, 4) is 0 Å². The zero-order valence-electron chi connectivity index (χ0n) is 19.2. The average molecular weight is 559 g/mol. The van der Waals surface area contributed by atoms with Crippen molar-refractivity contribution in [3.05, 3.63) is 59.7 Å². The molecule has 14 heteroatoms. The van der Waals surface area contributed by atoms with Gasteiger partial charge in [0.25, 0.3) is 5.91 Å². The fourth-order valence-electron chi connectivity index (χ4n) is 3.02. The number of carboxylic acids is 1. The van der Waals surface area contributed by atoms with E-state index in [1.54, 1.807) is 6.07 Å². The molecule has 0 aromatic heterocycles. The second kappa shape index (κ2) is 12.9. The van der Waals surface area contributed by atoms with E-state index < -0.39 is 55.0 Å². The quantitative estimate of drug-likeness (QED) is 0.219. The molecule has 0 fully saturated rings. The molecule has 2 atom stereocenters. The molecule has 11 nitrogen and oxygen atoms in total. The molecule has 2 aromatic rings. The molecule has 1 amide bonds. The number of rotatable bonds is 14. The molecule has 0 aliphatic carbocycles. The summed E-state index contributed by atoms with van der Waals surface area (Å²) in [6.07, 6.45) is 0.957. The van der Waals surface area contributed by atoms with Crippen LogP contribution in [0, 0.1) is 0 Å². The summed E-state index contributed by atoms with van der Waals surface area (Å²) in [5.74, 6) is -1.45. The van der Waals surface area contributed by atoms with Gasteiger partial charge in [-0.1, -0.05) is 12.1 Å². The molecular weight excluding hydrogens is 532 g/mol. The largest absolute Gasteiger partial charge is 0.481 e. The minimum atomic E-state index is -4.17. The van der Waals surface area contributed by atoms with Crippen molar-refractivity contribution in [2.75, 3.05) is 18.6 Å². The third-order valence-corrected chi connectivity index (χ3v) is 8.80. The maximum atomic E-state index is 12.5. The molecular formula is C22H26N2O9S3. The van der Waals surface area contributed by atoms with Crippen LogP contribution in [-0.4, -0.2) is 68.9 Å². The van der Waals surface area contributed by atoms with Crippen LogP contribution in [0.25, 0.3) is 0 Å². The molecule has 0 spiro atoms. The predicted molar refractivity (Wildman–Crippen MR) is 132 cm³/mol. The van der Waals surface area contributed by atoms with E-state index in [4.69, 9.17) is 5.11 Å². The minimum absolute atomic E-state index is 0.0521. The fraction of sp³-hybridized carbons (Fsp3) is 0.318. The topological polar surface area (TPSA) is 181 Å². The third kappa shape index (κ3) is 9.26. The van der Waals surface area contributed by atoms with Crippen molar-refractivity contribution >= 4 is 48.8 Å². The molecule has 0 bridgehead atoms. The van der Waals surface area contributed by atoms with Gasteiger partial charge in [-0.05, 0) is 48.4 Å². The van der Waals surface area contributed by atoms with Gasteiger partial charge in [-0.15, -0.1) is 0 Å². The van der Waals surface area contributed by atoms with E-state index in [1.165, 1.54) is 42.5 Å². The fourth-order valence-corrected chi connectivity index (χ4v) is 6.05. The first kappa shape index (κ1) is 29.3. The van der Waals surface area contributed by atoms with Gasteiger partial charge in [0.2, 0.25) is 10.0 Å². The Morgan fingerprint density at radius 2 is 1.72 bits per heavy atom. The number of sulfone groups is 1. The molecule has 0 saturated heterocycles. The number of aldehydes is 1. The number of carboxylic acid groups (broad SMARTS) is 1. The number of sulfonamides is 1. The highest BCUT2D eigenvalue weighted by atomic mass is 32.2. The number of benzene rings is 2. The van der Waals surface area contributed by atoms with Gasteiger partial charge in [0.1, 0.15) is 6.29 Å². The zero-order chi connectivity index (χ0) is 26.9. The molecule has 0 radical (unpaired) electrons. The predicted octanol–water partition coefficient (Wildman–Crippen LogP) is 0.479. The van der Waals surface area contributed by atoms with E-state index in [9.17, 15) is 35.4 Å². The summed E-state index contributed by atoms with van der Waals surface area (Å²) in [7, 11) is -8.89. The Morgan fingerprint density at radius 1 is 1.06 bits per heavy atom. The Kier molecular flexibility index (Phi) is 10.5. The highest BCUT2D eigenvalue weighted by molar-refractivity contribution is 7.90. The molecule has 0 saturated carbocycles. The lowest BCUT2D eigenvalue weighted by atomic mass is 10.2. The Hall–Kier alpha value is -2.94. The van der Waals surface area contributed by atoms with Crippen molar-refractivity contribution in [2.45, 2.75) is 34.4 Å². The molecule has 2 unspecified atom stereocenters. The van der Waals surface area contributed by atoms with E-state index >= 15 is 0 Å². The molecule has 196 valence electrons. The first-order valence-corrected chi connectivity index (χ1v) is 15.4. The number of carbonyl (C=O) groups is 3. The second-order valence-electron chi connectivity index (χ2n) is 7.80. The molecule has 0 heterocycles. The lowest BCUT2D eigenvalue weighted by Gasteiger charge is -2.12. The van der Waals surface area contributed by atoms with Gasteiger partial charge in [0.05, 0.1) is 22.3 Å². The lowest BCUT2D eigenvalue weighted by Crippen LogP contribution is -2.37. The number of carbonyl (C=O) groups excluding carboxylic acids is 2. The Bertz CT molecular complexity index is 1340. The van der Waals surface area contributed by atoms with Gasteiger partial charge in [-0.25, -0.2) is 21.6 Å². The van der Waals surface area contributed by atoms with E-state index in [0.717, 1.165) is 6.26 Å². The first-order valence-electron chi connectivity index (χ1n) is 10.5. The van der Waals surface area contributed by atoms with Crippen molar-refractivity contribution in [1.29, 1.82) is 0 Å². The van der Waals surface area contributed by atoms with Crippen LogP contribution in [0.2, 0.25) is 0 Å². The van der Waals surface area contributed by atoms with Gasteiger partial charge in [0.15, 0.2) is 9.84 Å². The number of amides is 1. The van der Waals surface area contributed by atoms with Crippen LogP contribution < -0.4 is 10.0 Å². The van der Waals surface area contributed by atoms with E-state index in [2.05, 4.69) is 5.32 Å². The van der Waals surface area contributed by atoms with E-state index in [0.29, 0.717) is 12.0 Å². The molecule has 2 aromatic carbocycles. The Morgan fingerprint density at radius 3 is 2.31 bits per heavy atom. The highest BCUT2D eigenvalue weighted by Gasteiger charge is 2.22. The summed E-state index contributed by atoms with van der Waals surface area (Å²) < 4.78 is 62.4. The average Bonchev–Trinajstić information content (AvgIpc) is 2.80. The van der Waals surface area contributed by atoms with Crippen LogP contribution in [0.5, 0.6) is 0 Å². The third-order valence-electron chi connectivity index (χ3n) is 4.78.